The summed E-state index contributed by atoms with van der Waals surface area (Å²) in [5, 5.41) is 12.8. The Morgan fingerprint density at radius 3 is 2.33 bits per heavy atom. The second-order valence-corrected chi connectivity index (χ2v) is 7.03. The van der Waals surface area contributed by atoms with Gasteiger partial charge in [-0.25, -0.2) is 13.1 Å². The standard InChI is InChI=1S/C14H25N3O3S/c1-4-14(5-2,10-18)9-17-11-6-7-13(12(15)8-11)21(19,20)16-3/h6-8,16-18H,4-5,9-10,15H2,1-3H3. The molecule has 5 N–H and O–H groups in total. The molecule has 7 heteroatoms. The van der Waals surface area contributed by atoms with E-state index in [1.807, 2.05) is 13.8 Å². The molecule has 0 fully saturated rings. The van der Waals surface area contributed by atoms with E-state index in [0.717, 1.165) is 18.5 Å². The first-order valence-electron chi connectivity index (χ1n) is 7.02. The summed E-state index contributed by atoms with van der Waals surface area (Å²) in [6.45, 7) is 4.79. The van der Waals surface area contributed by atoms with Crippen molar-refractivity contribution in [2.45, 2.75) is 31.6 Å². The highest BCUT2D eigenvalue weighted by Gasteiger charge is 2.25. The largest absolute Gasteiger partial charge is 0.398 e. The lowest BCUT2D eigenvalue weighted by Crippen LogP contribution is -2.32. The van der Waals surface area contributed by atoms with Gasteiger partial charge in [-0.3, -0.25) is 0 Å². The minimum atomic E-state index is -3.55. The van der Waals surface area contributed by atoms with E-state index in [1.165, 1.54) is 13.1 Å². The number of sulfonamides is 1. The Morgan fingerprint density at radius 2 is 1.90 bits per heavy atom. The van der Waals surface area contributed by atoms with Crippen LogP contribution in [0.4, 0.5) is 11.4 Å². The Kier molecular flexibility index (Phi) is 6.00. The van der Waals surface area contributed by atoms with E-state index in [-0.39, 0.29) is 22.6 Å². The van der Waals surface area contributed by atoms with Gasteiger partial charge < -0.3 is 16.2 Å². The van der Waals surface area contributed by atoms with Crippen LogP contribution in [0.15, 0.2) is 23.1 Å². The highest BCUT2D eigenvalue weighted by molar-refractivity contribution is 7.89. The van der Waals surface area contributed by atoms with Crippen molar-refractivity contribution in [3.05, 3.63) is 18.2 Å². The number of hydrogen-bond donors (Lipinski definition) is 4. The third-order valence-corrected chi connectivity index (χ3v) is 5.56. The SMILES string of the molecule is CCC(CC)(CO)CNc1ccc(S(=O)(=O)NC)c(N)c1. The summed E-state index contributed by atoms with van der Waals surface area (Å²) in [7, 11) is -2.20. The van der Waals surface area contributed by atoms with Crippen LogP contribution in [-0.4, -0.2) is 33.7 Å². The molecular weight excluding hydrogens is 290 g/mol. The maximum absolute atomic E-state index is 11.7. The van der Waals surface area contributed by atoms with Crippen LogP contribution in [0.5, 0.6) is 0 Å². The number of hydrogen-bond acceptors (Lipinski definition) is 5. The van der Waals surface area contributed by atoms with Gasteiger partial charge in [0, 0.05) is 17.6 Å². The molecule has 120 valence electrons. The predicted molar refractivity (Wildman–Crippen MR) is 85.7 cm³/mol. The number of benzene rings is 1. The second kappa shape index (κ2) is 7.11. The van der Waals surface area contributed by atoms with Gasteiger partial charge in [-0.2, -0.15) is 0 Å². The third-order valence-electron chi connectivity index (χ3n) is 4.07. The van der Waals surface area contributed by atoms with Crippen molar-refractivity contribution < 1.29 is 13.5 Å². The van der Waals surface area contributed by atoms with Gasteiger partial charge in [0.1, 0.15) is 4.90 Å². The van der Waals surface area contributed by atoms with E-state index < -0.39 is 10.0 Å². The van der Waals surface area contributed by atoms with Crippen molar-refractivity contribution in [1.82, 2.24) is 4.72 Å². The fourth-order valence-corrected chi connectivity index (χ4v) is 2.92. The van der Waals surface area contributed by atoms with E-state index in [1.54, 1.807) is 12.1 Å². The first-order chi connectivity index (χ1) is 9.84. The minimum absolute atomic E-state index is 0.0648. The van der Waals surface area contributed by atoms with Crippen LogP contribution in [0.2, 0.25) is 0 Å². The quantitative estimate of drug-likeness (QED) is 0.543. The van der Waals surface area contributed by atoms with E-state index in [0.29, 0.717) is 6.54 Å². The topological polar surface area (TPSA) is 104 Å². The zero-order valence-electron chi connectivity index (χ0n) is 12.8. The Morgan fingerprint density at radius 1 is 1.29 bits per heavy atom. The molecule has 1 aromatic rings. The Balaban J connectivity index is 2.91. The van der Waals surface area contributed by atoms with Crippen molar-refractivity contribution in [3.63, 3.8) is 0 Å². The first-order valence-corrected chi connectivity index (χ1v) is 8.50. The molecule has 0 aliphatic rings. The number of nitrogen functional groups attached to an aromatic ring is 1. The van der Waals surface area contributed by atoms with Gasteiger partial charge in [0.25, 0.3) is 0 Å². The second-order valence-electron chi connectivity index (χ2n) is 5.18. The number of rotatable bonds is 8. The van der Waals surface area contributed by atoms with Gasteiger partial charge in [0.05, 0.1) is 12.3 Å². The highest BCUT2D eigenvalue weighted by atomic mass is 32.2. The van der Waals surface area contributed by atoms with Crippen LogP contribution in [0.1, 0.15) is 26.7 Å². The average Bonchev–Trinajstić information content (AvgIpc) is 2.49. The van der Waals surface area contributed by atoms with Crippen LogP contribution < -0.4 is 15.8 Å². The van der Waals surface area contributed by atoms with Gasteiger partial charge in [-0.15, -0.1) is 0 Å². The zero-order chi connectivity index (χ0) is 16.1. The smallest absolute Gasteiger partial charge is 0.242 e. The lowest BCUT2D eigenvalue weighted by atomic mass is 9.83. The van der Waals surface area contributed by atoms with Crippen molar-refractivity contribution in [2.75, 3.05) is 31.2 Å². The molecule has 0 radical (unpaired) electrons. The fourth-order valence-electron chi connectivity index (χ4n) is 2.08. The van der Waals surface area contributed by atoms with Crippen LogP contribution in [0.3, 0.4) is 0 Å². The maximum Gasteiger partial charge on any atom is 0.242 e. The van der Waals surface area contributed by atoms with Crippen molar-refractivity contribution >= 4 is 21.4 Å². The zero-order valence-corrected chi connectivity index (χ0v) is 13.6. The van der Waals surface area contributed by atoms with E-state index in [9.17, 15) is 13.5 Å². The van der Waals surface area contributed by atoms with E-state index >= 15 is 0 Å². The van der Waals surface area contributed by atoms with Gasteiger partial charge in [0.2, 0.25) is 10.0 Å². The van der Waals surface area contributed by atoms with Crippen molar-refractivity contribution in [3.8, 4) is 0 Å². The third kappa shape index (κ3) is 4.09. The van der Waals surface area contributed by atoms with Crippen molar-refractivity contribution in [1.29, 1.82) is 0 Å². The minimum Gasteiger partial charge on any atom is -0.398 e. The monoisotopic (exact) mass is 315 g/mol. The predicted octanol–water partition coefficient (Wildman–Crippen LogP) is 1.39. The number of anilines is 2. The molecule has 0 unspecified atom stereocenters. The molecule has 21 heavy (non-hydrogen) atoms. The molecule has 1 aromatic carbocycles. The molecular formula is C14H25N3O3S. The summed E-state index contributed by atoms with van der Waals surface area (Å²) in [6.07, 6.45) is 1.71. The van der Waals surface area contributed by atoms with E-state index in [4.69, 9.17) is 5.73 Å². The summed E-state index contributed by atoms with van der Waals surface area (Å²) < 4.78 is 25.7. The number of nitrogens with two attached hydrogens (primary N) is 1. The Hall–Kier alpha value is -1.31. The van der Waals surface area contributed by atoms with Gasteiger partial charge in [0.15, 0.2) is 0 Å². The summed E-state index contributed by atoms with van der Waals surface area (Å²) in [5.74, 6) is 0. The Labute approximate surface area is 126 Å². The van der Waals surface area contributed by atoms with Crippen LogP contribution in [0, 0.1) is 5.41 Å². The number of aliphatic hydroxyl groups excluding tert-OH is 1. The normalized spacial score (nSPS) is 12.4. The molecule has 1 rings (SSSR count). The first kappa shape index (κ1) is 17.7. The fraction of sp³-hybridized carbons (Fsp3) is 0.571. The molecule has 0 amide bonds. The molecule has 0 saturated carbocycles. The molecule has 0 spiro atoms. The number of nitrogens with one attached hydrogen (secondary N) is 2. The summed E-state index contributed by atoms with van der Waals surface area (Å²) in [6, 6.07) is 4.74. The van der Waals surface area contributed by atoms with E-state index in [2.05, 4.69) is 10.0 Å². The summed E-state index contributed by atoms with van der Waals surface area (Å²) in [4.78, 5) is 0.0648. The van der Waals surface area contributed by atoms with Gasteiger partial charge in [-0.05, 0) is 38.1 Å². The molecule has 6 nitrogen and oxygen atoms in total. The molecule has 0 heterocycles. The van der Waals surface area contributed by atoms with Crippen LogP contribution in [-0.2, 0) is 10.0 Å². The highest BCUT2D eigenvalue weighted by Crippen LogP contribution is 2.27. The average molecular weight is 315 g/mol. The maximum atomic E-state index is 11.7. The molecule has 0 aliphatic carbocycles. The lowest BCUT2D eigenvalue weighted by Gasteiger charge is -2.30. The van der Waals surface area contributed by atoms with Gasteiger partial charge >= 0.3 is 0 Å². The van der Waals surface area contributed by atoms with Crippen LogP contribution in [0.25, 0.3) is 0 Å². The van der Waals surface area contributed by atoms with Crippen LogP contribution >= 0.6 is 0 Å². The number of aliphatic hydroxyl groups is 1. The van der Waals surface area contributed by atoms with Gasteiger partial charge in [-0.1, -0.05) is 13.8 Å². The van der Waals surface area contributed by atoms with Crippen molar-refractivity contribution in [2.24, 2.45) is 5.41 Å². The summed E-state index contributed by atoms with van der Waals surface area (Å²) in [5.41, 5.74) is 6.57. The summed E-state index contributed by atoms with van der Waals surface area (Å²) >= 11 is 0. The molecule has 0 saturated heterocycles. The molecule has 0 bridgehead atoms. The molecule has 0 atom stereocenters. The lowest BCUT2D eigenvalue weighted by molar-refractivity contribution is 0.127. The molecule has 0 aromatic heterocycles. The Bertz CT molecular complexity index is 561. The molecule has 0 aliphatic heterocycles.